The maximum atomic E-state index is 14.9. The molecule has 3 heterocycles. The Kier molecular flexibility index (Phi) is 7.37. The number of anilines is 2. The molecule has 4 rings (SSSR count). The quantitative estimate of drug-likeness (QED) is 0.428. The first kappa shape index (κ1) is 25.0. The topological polar surface area (TPSA) is 162 Å². The van der Waals surface area contributed by atoms with Crippen LogP contribution in [0.1, 0.15) is 17.7 Å². The van der Waals surface area contributed by atoms with Crippen molar-refractivity contribution in [3.8, 4) is 23.2 Å². The van der Waals surface area contributed by atoms with Gasteiger partial charge in [-0.3, -0.25) is 9.48 Å². The highest BCUT2D eigenvalue weighted by Gasteiger charge is 2.35. The minimum absolute atomic E-state index is 0.138. The van der Waals surface area contributed by atoms with Crippen LogP contribution in [0.3, 0.4) is 0 Å². The number of aliphatic hydroxyl groups is 2. The van der Waals surface area contributed by atoms with E-state index in [9.17, 15) is 19.6 Å². The van der Waals surface area contributed by atoms with Gasteiger partial charge in [-0.2, -0.15) is 15.3 Å². The molecule has 0 bridgehead atoms. The molecule has 1 aromatic carbocycles. The smallest absolute Gasteiger partial charge is 0.253 e. The van der Waals surface area contributed by atoms with Gasteiger partial charge in [0.25, 0.3) is 5.91 Å². The lowest BCUT2D eigenvalue weighted by molar-refractivity contribution is -0.146. The molecular weight excluding hydrogens is 471 g/mol. The van der Waals surface area contributed by atoms with Crippen LogP contribution in [0.4, 0.5) is 16.0 Å². The zero-order chi connectivity index (χ0) is 25.8. The van der Waals surface area contributed by atoms with Crippen LogP contribution in [0.5, 0.6) is 5.75 Å². The predicted molar refractivity (Wildman–Crippen MR) is 125 cm³/mol. The number of aryl methyl sites for hydroxylation is 1. The molecule has 1 aliphatic rings. The summed E-state index contributed by atoms with van der Waals surface area (Å²) in [6.45, 7) is 1.01. The number of hydrogen-bond donors (Lipinski definition) is 3. The summed E-state index contributed by atoms with van der Waals surface area (Å²) in [5, 5.41) is 35.3. The highest BCUT2D eigenvalue weighted by molar-refractivity contribution is 5.81. The summed E-state index contributed by atoms with van der Waals surface area (Å²) < 4.78 is 22.4. The lowest BCUT2D eigenvalue weighted by atomic mass is 10.0. The molecule has 0 unspecified atom stereocenters. The summed E-state index contributed by atoms with van der Waals surface area (Å²) in [6.07, 6.45) is -0.905. The van der Waals surface area contributed by atoms with Gasteiger partial charge in [-0.25, -0.2) is 14.4 Å². The number of nitrogens with zero attached hydrogens (tertiary/aromatic N) is 7. The molecule has 2 aromatic heterocycles. The first-order valence-electron chi connectivity index (χ1n) is 11.2. The minimum Gasteiger partial charge on any atom is -0.486 e. The van der Waals surface area contributed by atoms with Crippen LogP contribution in [0.2, 0.25) is 0 Å². The third kappa shape index (κ3) is 5.24. The maximum absolute atomic E-state index is 14.9. The van der Waals surface area contributed by atoms with E-state index in [1.807, 2.05) is 20.0 Å². The zero-order valence-corrected chi connectivity index (χ0v) is 19.7. The van der Waals surface area contributed by atoms with Gasteiger partial charge >= 0.3 is 0 Å². The molecule has 3 aromatic rings. The van der Waals surface area contributed by atoms with Crippen LogP contribution in [0, 0.1) is 18.3 Å². The van der Waals surface area contributed by atoms with Gasteiger partial charge in [0, 0.05) is 25.6 Å². The highest BCUT2D eigenvalue weighted by atomic mass is 19.1. The molecule has 188 valence electrons. The lowest BCUT2D eigenvalue weighted by Gasteiger charge is -2.35. The molecule has 0 radical (unpaired) electrons. The van der Waals surface area contributed by atoms with Gasteiger partial charge in [0.15, 0.2) is 18.1 Å². The number of halogens is 1. The number of amides is 1. The van der Waals surface area contributed by atoms with Crippen LogP contribution in [0.25, 0.3) is 11.4 Å². The monoisotopic (exact) mass is 496 g/mol. The average molecular weight is 497 g/mol. The molecule has 0 saturated carbocycles. The number of benzene rings is 1. The third-order valence-electron chi connectivity index (χ3n) is 5.94. The summed E-state index contributed by atoms with van der Waals surface area (Å²) in [7, 11) is 1.82. The van der Waals surface area contributed by atoms with Crippen LogP contribution in [-0.2, 0) is 11.8 Å². The van der Waals surface area contributed by atoms with Crippen molar-refractivity contribution in [3.63, 3.8) is 0 Å². The van der Waals surface area contributed by atoms with E-state index in [0.717, 1.165) is 16.3 Å². The molecule has 1 aliphatic heterocycles. The number of aliphatic hydroxyl groups excluding tert-OH is 2. The first-order chi connectivity index (χ1) is 17.3. The lowest BCUT2D eigenvalue weighted by Crippen LogP contribution is -2.52. The van der Waals surface area contributed by atoms with Crippen molar-refractivity contribution in [1.29, 1.82) is 5.26 Å². The standard InChI is InChI=1S/C23H25FN8O4/c1-13-17(9-28-31(13)2)29-23-27-12-26-21(30-23)14-3-4-15(8-25)20(7-14)36-19-5-6-32(10-16(19)24)22(35)18(34)11-33/h3-4,7,9,12,16,18-19,33-34H,5-6,10-11H2,1-2H3,(H,26,27,29,30)/t16-,18-,19-/m0/s1. The molecule has 1 fully saturated rings. The van der Waals surface area contributed by atoms with Crippen molar-refractivity contribution in [2.24, 2.45) is 7.05 Å². The van der Waals surface area contributed by atoms with E-state index in [4.69, 9.17) is 9.84 Å². The molecule has 1 amide bonds. The summed E-state index contributed by atoms with van der Waals surface area (Å²) in [5.74, 6) is 0.0438. The number of piperidine rings is 1. The van der Waals surface area contributed by atoms with Crippen molar-refractivity contribution in [1.82, 2.24) is 29.6 Å². The molecule has 0 spiro atoms. The van der Waals surface area contributed by atoms with Gasteiger partial charge in [0.1, 0.15) is 24.3 Å². The molecule has 3 atom stereocenters. The third-order valence-corrected chi connectivity index (χ3v) is 5.94. The molecular formula is C23H25FN8O4. The Bertz CT molecular complexity index is 1290. The highest BCUT2D eigenvalue weighted by Crippen LogP contribution is 2.29. The van der Waals surface area contributed by atoms with Gasteiger partial charge in [-0.15, -0.1) is 0 Å². The SMILES string of the molecule is Cc1c(Nc2ncnc(-c3ccc(C#N)c(O[C@H]4CCN(C(=O)[C@@H](O)CO)C[C@@H]4F)c3)n2)cnn1C. The number of carbonyl (C=O) groups is 1. The van der Waals surface area contributed by atoms with E-state index in [1.54, 1.807) is 23.0 Å². The van der Waals surface area contributed by atoms with E-state index in [2.05, 4.69) is 25.4 Å². The maximum Gasteiger partial charge on any atom is 0.253 e. The summed E-state index contributed by atoms with van der Waals surface area (Å²) >= 11 is 0. The molecule has 3 N–H and O–H groups in total. The summed E-state index contributed by atoms with van der Waals surface area (Å²) in [4.78, 5) is 26.0. The number of rotatable bonds is 7. The average Bonchev–Trinajstić information content (AvgIpc) is 3.21. The van der Waals surface area contributed by atoms with Crippen LogP contribution in [0.15, 0.2) is 30.7 Å². The molecule has 13 heteroatoms. The Labute approximate surface area is 206 Å². The van der Waals surface area contributed by atoms with Crippen LogP contribution >= 0.6 is 0 Å². The van der Waals surface area contributed by atoms with E-state index in [0.29, 0.717) is 17.3 Å². The Morgan fingerprint density at radius 1 is 1.42 bits per heavy atom. The number of nitrogens with one attached hydrogen (secondary N) is 1. The number of nitriles is 1. The second-order valence-electron chi connectivity index (χ2n) is 8.29. The number of alkyl halides is 1. The second kappa shape index (κ2) is 10.6. The predicted octanol–water partition coefficient (Wildman–Crippen LogP) is 0.867. The van der Waals surface area contributed by atoms with E-state index in [1.165, 1.54) is 12.4 Å². The largest absolute Gasteiger partial charge is 0.486 e. The normalized spacial score (nSPS) is 18.4. The molecule has 1 saturated heterocycles. The number of carbonyl (C=O) groups excluding carboxylic acids is 1. The zero-order valence-electron chi connectivity index (χ0n) is 19.7. The number of aromatic nitrogens is 5. The number of ether oxygens (including phenoxy) is 1. The fourth-order valence-corrected chi connectivity index (χ4v) is 3.76. The Morgan fingerprint density at radius 2 is 2.22 bits per heavy atom. The van der Waals surface area contributed by atoms with E-state index >= 15 is 0 Å². The summed E-state index contributed by atoms with van der Waals surface area (Å²) in [5.41, 5.74) is 2.37. The van der Waals surface area contributed by atoms with Crippen molar-refractivity contribution in [3.05, 3.63) is 42.0 Å². The second-order valence-corrected chi connectivity index (χ2v) is 8.29. The Hall–Kier alpha value is -4.15. The summed E-state index contributed by atoms with van der Waals surface area (Å²) in [6, 6.07) is 6.79. The van der Waals surface area contributed by atoms with Gasteiger partial charge < -0.3 is 25.2 Å². The Balaban J connectivity index is 1.52. The number of hydrogen-bond acceptors (Lipinski definition) is 10. The van der Waals surface area contributed by atoms with E-state index in [-0.39, 0.29) is 30.8 Å². The molecule has 12 nitrogen and oxygen atoms in total. The molecule has 36 heavy (non-hydrogen) atoms. The van der Waals surface area contributed by atoms with Crippen LogP contribution in [-0.4, -0.2) is 83.8 Å². The number of likely N-dealkylation sites (tertiary alicyclic amines) is 1. The fraction of sp³-hybridized carbons (Fsp3) is 0.391. The van der Waals surface area contributed by atoms with Crippen molar-refractivity contribution < 1.29 is 24.1 Å². The first-order valence-corrected chi connectivity index (χ1v) is 11.2. The van der Waals surface area contributed by atoms with Gasteiger partial charge in [-0.1, -0.05) is 0 Å². The van der Waals surface area contributed by atoms with Crippen molar-refractivity contribution in [2.75, 3.05) is 25.0 Å². The van der Waals surface area contributed by atoms with Crippen molar-refractivity contribution in [2.45, 2.75) is 31.7 Å². The van der Waals surface area contributed by atoms with Crippen LogP contribution < -0.4 is 10.1 Å². The van der Waals surface area contributed by atoms with Gasteiger partial charge in [0.05, 0.1) is 36.3 Å². The fourth-order valence-electron chi connectivity index (χ4n) is 3.76. The van der Waals surface area contributed by atoms with Crippen molar-refractivity contribution >= 4 is 17.5 Å². The molecule has 0 aliphatic carbocycles. The van der Waals surface area contributed by atoms with Gasteiger partial charge in [0.2, 0.25) is 5.95 Å². The minimum atomic E-state index is -1.58. The van der Waals surface area contributed by atoms with Gasteiger partial charge in [-0.05, 0) is 25.1 Å². The Morgan fingerprint density at radius 3 is 2.89 bits per heavy atom. The van der Waals surface area contributed by atoms with E-state index < -0.39 is 30.9 Å².